The van der Waals surface area contributed by atoms with Crippen LogP contribution >= 0.6 is 0 Å². The summed E-state index contributed by atoms with van der Waals surface area (Å²) in [5.74, 6) is -3.84. The lowest BCUT2D eigenvalue weighted by atomic mass is 9.56. The summed E-state index contributed by atoms with van der Waals surface area (Å²) in [6.45, 7) is 12.2. The smallest absolute Gasteiger partial charge is 0.336 e. The minimum atomic E-state index is -1.01. The Morgan fingerprint density at radius 2 is 2.15 bits per heavy atom. The fraction of sp³-hybridized carbons (Fsp3) is 0.550. The minimum Gasteiger partial charge on any atom is -0.481 e. The second-order valence-electron chi connectivity index (χ2n) is 7.45. The number of cyclic esters (lactones) is 1. The number of aliphatic hydroxyl groups excluding tert-OH is 1. The molecule has 2 N–H and O–H groups in total. The highest BCUT2D eigenvalue weighted by Gasteiger charge is 2.55. The molecule has 0 bridgehead atoms. The van der Waals surface area contributed by atoms with Gasteiger partial charge in [0.25, 0.3) is 0 Å². The fourth-order valence-corrected chi connectivity index (χ4v) is 4.18. The van der Waals surface area contributed by atoms with E-state index in [-0.39, 0.29) is 18.1 Å². The number of hydrogen-bond donors (Lipinski definition) is 2. The van der Waals surface area contributed by atoms with Crippen LogP contribution in [0.5, 0.6) is 0 Å². The molecule has 2 aliphatic rings. The number of carbonyl (C=O) groups excluding carboxylic acids is 2. The maximum absolute atomic E-state index is 12.2. The molecule has 7 heteroatoms. The van der Waals surface area contributed by atoms with Gasteiger partial charge in [-0.15, -0.1) is 6.58 Å². The average molecular weight is 378 g/mol. The van der Waals surface area contributed by atoms with E-state index in [1.165, 1.54) is 0 Å². The van der Waals surface area contributed by atoms with Crippen molar-refractivity contribution < 1.29 is 34.1 Å². The van der Waals surface area contributed by atoms with E-state index in [1.807, 2.05) is 0 Å². The molecule has 5 unspecified atom stereocenters. The van der Waals surface area contributed by atoms with Crippen molar-refractivity contribution in [2.45, 2.75) is 32.3 Å². The second kappa shape index (κ2) is 8.08. The number of ether oxygens (including phenoxy) is 2. The van der Waals surface area contributed by atoms with E-state index in [4.69, 9.17) is 14.6 Å². The van der Waals surface area contributed by atoms with Crippen LogP contribution in [0.4, 0.5) is 0 Å². The first-order chi connectivity index (χ1) is 12.7. The Morgan fingerprint density at radius 1 is 1.48 bits per heavy atom. The van der Waals surface area contributed by atoms with Crippen LogP contribution in [0.3, 0.4) is 0 Å². The Kier molecular flexibility index (Phi) is 6.26. The van der Waals surface area contributed by atoms with Crippen LogP contribution in [0, 0.1) is 23.2 Å². The van der Waals surface area contributed by atoms with E-state index in [9.17, 15) is 19.5 Å². The second-order valence-corrected chi connectivity index (χ2v) is 7.45. The van der Waals surface area contributed by atoms with Gasteiger partial charge in [0.1, 0.15) is 6.10 Å². The fourth-order valence-electron chi connectivity index (χ4n) is 4.18. The zero-order valence-corrected chi connectivity index (χ0v) is 15.5. The van der Waals surface area contributed by atoms with Crippen LogP contribution in [0.25, 0.3) is 0 Å². The molecule has 2 fully saturated rings. The standard InChI is InChI=1S/C20H26O7/c1-5-6-20-8-16(27-18(24)11(2)9-21)14(12(3)17(22)23)7-15(20)13(4)19(25)26-10-20/h5,12,14-16,21H,1-2,4,6-10H2,3H3,(H,22,23). The predicted octanol–water partition coefficient (Wildman–Crippen LogP) is 1.87. The lowest BCUT2D eigenvalue weighted by molar-refractivity contribution is -0.175. The van der Waals surface area contributed by atoms with E-state index in [0.29, 0.717) is 24.8 Å². The molecule has 1 aliphatic carbocycles. The summed E-state index contributed by atoms with van der Waals surface area (Å²) < 4.78 is 10.8. The molecular weight excluding hydrogens is 352 g/mol. The molecule has 0 aromatic rings. The molecule has 1 aliphatic heterocycles. The first kappa shape index (κ1) is 20.9. The molecule has 27 heavy (non-hydrogen) atoms. The zero-order chi connectivity index (χ0) is 20.4. The van der Waals surface area contributed by atoms with Gasteiger partial charge in [0.15, 0.2) is 0 Å². The summed E-state index contributed by atoms with van der Waals surface area (Å²) >= 11 is 0. The van der Waals surface area contributed by atoms with Crippen molar-refractivity contribution in [3.63, 3.8) is 0 Å². The molecule has 0 spiro atoms. The van der Waals surface area contributed by atoms with Gasteiger partial charge in [0.2, 0.25) is 0 Å². The molecule has 1 saturated carbocycles. The number of carboxylic acid groups (broad SMARTS) is 1. The number of aliphatic carboxylic acids is 1. The van der Waals surface area contributed by atoms with Crippen LogP contribution in [0.15, 0.2) is 37.0 Å². The van der Waals surface area contributed by atoms with Crippen LogP contribution in [-0.2, 0) is 23.9 Å². The van der Waals surface area contributed by atoms with Crippen LogP contribution < -0.4 is 0 Å². The van der Waals surface area contributed by atoms with Crippen molar-refractivity contribution in [1.29, 1.82) is 0 Å². The van der Waals surface area contributed by atoms with Gasteiger partial charge < -0.3 is 19.7 Å². The van der Waals surface area contributed by atoms with Gasteiger partial charge in [0.05, 0.1) is 24.7 Å². The Labute approximate surface area is 158 Å². The number of allylic oxidation sites excluding steroid dienone is 1. The van der Waals surface area contributed by atoms with Crippen molar-refractivity contribution in [1.82, 2.24) is 0 Å². The van der Waals surface area contributed by atoms with Gasteiger partial charge in [-0.1, -0.05) is 26.2 Å². The highest BCUT2D eigenvalue weighted by atomic mass is 16.5. The maximum Gasteiger partial charge on any atom is 0.336 e. The molecule has 0 radical (unpaired) electrons. The zero-order valence-electron chi connectivity index (χ0n) is 15.5. The van der Waals surface area contributed by atoms with Crippen molar-refractivity contribution in [3.05, 3.63) is 37.0 Å². The monoisotopic (exact) mass is 378 g/mol. The van der Waals surface area contributed by atoms with Crippen molar-refractivity contribution in [3.8, 4) is 0 Å². The lowest BCUT2D eigenvalue weighted by Gasteiger charge is -2.52. The van der Waals surface area contributed by atoms with Crippen LogP contribution in [0.1, 0.15) is 26.2 Å². The van der Waals surface area contributed by atoms with Gasteiger partial charge in [-0.25, -0.2) is 9.59 Å². The molecule has 1 saturated heterocycles. The topological polar surface area (TPSA) is 110 Å². The third-order valence-corrected chi connectivity index (χ3v) is 5.83. The number of hydrogen-bond acceptors (Lipinski definition) is 6. The molecule has 0 aromatic carbocycles. The molecule has 5 atom stereocenters. The van der Waals surface area contributed by atoms with Gasteiger partial charge in [-0.3, -0.25) is 4.79 Å². The molecule has 0 amide bonds. The number of carbonyl (C=O) groups is 3. The summed E-state index contributed by atoms with van der Waals surface area (Å²) in [5, 5.41) is 18.6. The Bertz CT molecular complexity index is 680. The van der Waals surface area contributed by atoms with Gasteiger partial charge in [-0.2, -0.15) is 0 Å². The summed E-state index contributed by atoms with van der Waals surface area (Å²) in [4.78, 5) is 35.8. The number of aliphatic hydroxyl groups is 1. The van der Waals surface area contributed by atoms with E-state index < -0.39 is 47.9 Å². The van der Waals surface area contributed by atoms with Crippen molar-refractivity contribution in [2.24, 2.45) is 23.2 Å². The first-order valence-electron chi connectivity index (χ1n) is 8.86. The maximum atomic E-state index is 12.2. The lowest BCUT2D eigenvalue weighted by Crippen LogP contribution is -2.53. The molecular formula is C20H26O7. The summed E-state index contributed by atoms with van der Waals surface area (Å²) in [6, 6.07) is 0. The average Bonchev–Trinajstić information content (AvgIpc) is 2.63. The highest BCUT2D eigenvalue weighted by molar-refractivity contribution is 5.89. The Balaban J connectivity index is 2.40. The Hall–Kier alpha value is -2.41. The molecule has 148 valence electrons. The normalized spacial score (nSPS) is 31.3. The molecule has 7 nitrogen and oxygen atoms in total. The van der Waals surface area contributed by atoms with Crippen molar-refractivity contribution >= 4 is 17.9 Å². The van der Waals surface area contributed by atoms with Gasteiger partial charge >= 0.3 is 17.9 Å². The van der Waals surface area contributed by atoms with E-state index in [1.54, 1.807) is 13.0 Å². The van der Waals surface area contributed by atoms with Gasteiger partial charge in [-0.05, 0) is 19.3 Å². The minimum absolute atomic E-state index is 0.101. The number of carboxylic acids is 1. The highest BCUT2D eigenvalue weighted by Crippen LogP contribution is 2.54. The largest absolute Gasteiger partial charge is 0.481 e. The van der Waals surface area contributed by atoms with E-state index in [0.717, 1.165) is 0 Å². The molecule has 2 rings (SSSR count). The van der Waals surface area contributed by atoms with Crippen molar-refractivity contribution in [2.75, 3.05) is 13.2 Å². The third kappa shape index (κ3) is 3.98. The number of fused-ring (bicyclic) bond motifs is 1. The number of rotatable bonds is 7. The summed E-state index contributed by atoms with van der Waals surface area (Å²) in [6.07, 6.45) is 2.15. The summed E-state index contributed by atoms with van der Waals surface area (Å²) in [7, 11) is 0. The van der Waals surface area contributed by atoms with E-state index in [2.05, 4.69) is 19.7 Å². The SMILES string of the molecule is C=CCC12COC(=O)C(=C)C1CC(C(C)C(=O)O)C(OC(=O)C(=C)CO)C2. The third-order valence-electron chi connectivity index (χ3n) is 5.83. The first-order valence-corrected chi connectivity index (χ1v) is 8.86. The summed E-state index contributed by atoms with van der Waals surface area (Å²) in [5.41, 5.74) is -0.334. The number of esters is 2. The van der Waals surface area contributed by atoms with Crippen LogP contribution in [-0.4, -0.2) is 47.4 Å². The predicted molar refractivity (Wildman–Crippen MR) is 96.5 cm³/mol. The Morgan fingerprint density at radius 3 is 2.70 bits per heavy atom. The molecule has 0 aromatic heterocycles. The quantitative estimate of drug-likeness (QED) is 0.395. The van der Waals surface area contributed by atoms with Gasteiger partial charge in [0, 0.05) is 22.8 Å². The molecule has 1 heterocycles. The van der Waals surface area contributed by atoms with E-state index >= 15 is 0 Å². The van der Waals surface area contributed by atoms with Crippen LogP contribution in [0.2, 0.25) is 0 Å².